The normalized spacial score (nSPS) is 18.4. The summed E-state index contributed by atoms with van der Waals surface area (Å²) in [5, 5.41) is 0. The lowest BCUT2D eigenvalue weighted by Crippen LogP contribution is -2.44. The fourth-order valence-electron chi connectivity index (χ4n) is 2.57. The summed E-state index contributed by atoms with van der Waals surface area (Å²) in [6.45, 7) is 3.97. The molecule has 1 amide bonds. The fraction of sp³-hybridized carbons (Fsp3) is 0.500. The van der Waals surface area contributed by atoms with E-state index in [1.165, 1.54) is 19.1 Å². The molecule has 114 valence electrons. The van der Waals surface area contributed by atoms with Crippen LogP contribution in [0.1, 0.15) is 43.5 Å². The van der Waals surface area contributed by atoms with E-state index in [0.29, 0.717) is 0 Å². The molecule has 21 heavy (non-hydrogen) atoms. The number of likely N-dealkylation sites (tertiary alicyclic amines) is 1. The number of benzene rings is 1. The number of ether oxygens (including phenoxy) is 1. The molecule has 0 aromatic heterocycles. The van der Waals surface area contributed by atoms with Crippen molar-refractivity contribution in [3.05, 3.63) is 29.6 Å². The van der Waals surface area contributed by atoms with E-state index in [4.69, 9.17) is 4.74 Å². The smallest absolute Gasteiger partial charge is 0.260 e. The number of piperidine rings is 1. The van der Waals surface area contributed by atoms with Gasteiger partial charge in [-0.25, -0.2) is 4.39 Å². The molecule has 0 spiro atoms. The second-order valence-corrected chi connectivity index (χ2v) is 5.42. The van der Waals surface area contributed by atoms with Gasteiger partial charge in [0.15, 0.2) is 12.4 Å². The van der Waals surface area contributed by atoms with Crippen molar-refractivity contribution in [1.29, 1.82) is 0 Å². The zero-order valence-electron chi connectivity index (χ0n) is 12.4. The molecule has 1 aromatic carbocycles. The first kappa shape index (κ1) is 15.5. The predicted octanol–water partition coefficient (Wildman–Crippen LogP) is 2.81. The monoisotopic (exact) mass is 293 g/mol. The van der Waals surface area contributed by atoms with Gasteiger partial charge in [-0.2, -0.15) is 0 Å². The lowest BCUT2D eigenvalue weighted by atomic mass is 10.0. The Kier molecular flexibility index (Phi) is 4.94. The Morgan fingerprint density at radius 1 is 1.38 bits per heavy atom. The predicted molar refractivity (Wildman–Crippen MR) is 76.9 cm³/mol. The molecule has 0 saturated carbocycles. The standard InChI is InChI=1S/C16H20FNO3/c1-11-5-3-4-8-18(11)16(20)10-21-13-6-7-14(12(2)19)15(17)9-13/h6-7,9,11H,3-5,8,10H2,1-2H3/t11-/m0/s1. The van der Waals surface area contributed by atoms with Crippen molar-refractivity contribution in [2.45, 2.75) is 39.2 Å². The molecule has 1 heterocycles. The van der Waals surface area contributed by atoms with Crippen LogP contribution in [0.2, 0.25) is 0 Å². The number of hydrogen-bond donors (Lipinski definition) is 0. The van der Waals surface area contributed by atoms with Crippen LogP contribution in [0.25, 0.3) is 0 Å². The highest BCUT2D eigenvalue weighted by atomic mass is 19.1. The molecule has 1 aromatic rings. The second-order valence-electron chi connectivity index (χ2n) is 5.42. The van der Waals surface area contributed by atoms with Gasteiger partial charge in [-0.3, -0.25) is 9.59 Å². The third-order valence-corrected chi connectivity index (χ3v) is 3.81. The van der Waals surface area contributed by atoms with Gasteiger partial charge in [0.1, 0.15) is 11.6 Å². The van der Waals surface area contributed by atoms with Gasteiger partial charge in [-0.05, 0) is 45.2 Å². The highest BCUT2D eigenvalue weighted by Crippen LogP contribution is 2.19. The Morgan fingerprint density at radius 2 is 2.14 bits per heavy atom. The first-order chi connectivity index (χ1) is 9.99. The van der Waals surface area contributed by atoms with Gasteiger partial charge >= 0.3 is 0 Å². The van der Waals surface area contributed by atoms with Crippen LogP contribution in [0.5, 0.6) is 5.75 Å². The molecule has 0 bridgehead atoms. The first-order valence-electron chi connectivity index (χ1n) is 7.22. The number of carbonyl (C=O) groups is 2. The SMILES string of the molecule is CC(=O)c1ccc(OCC(=O)N2CCCC[C@@H]2C)cc1F. The molecular weight excluding hydrogens is 273 g/mol. The Balaban J connectivity index is 1.95. The van der Waals surface area contributed by atoms with Crippen molar-refractivity contribution < 1.29 is 18.7 Å². The van der Waals surface area contributed by atoms with E-state index in [1.54, 1.807) is 0 Å². The molecule has 1 atom stereocenters. The molecular formula is C16H20FNO3. The number of halogens is 1. The first-order valence-corrected chi connectivity index (χ1v) is 7.22. The van der Waals surface area contributed by atoms with Crippen LogP contribution in [-0.4, -0.2) is 35.8 Å². The van der Waals surface area contributed by atoms with Crippen molar-refractivity contribution in [2.24, 2.45) is 0 Å². The van der Waals surface area contributed by atoms with Gasteiger partial charge in [0.05, 0.1) is 5.56 Å². The highest BCUT2D eigenvalue weighted by molar-refractivity contribution is 5.94. The number of carbonyl (C=O) groups excluding carboxylic acids is 2. The van der Waals surface area contributed by atoms with Crippen molar-refractivity contribution in [3.63, 3.8) is 0 Å². The number of amides is 1. The number of rotatable bonds is 4. The van der Waals surface area contributed by atoms with Crippen LogP contribution in [0.3, 0.4) is 0 Å². The zero-order chi connectivity index (χ0) is 15.4. The quantitative estimate of drug-likeness (QED) is 0.802. The van der Waals surface area contributed by atoms with E-state index >= 15 is 0 Å². The van der Waals surface area contributed by atoms with Crippen LogP contribution in [-0.2, 0) is 4.79 Å². The maximum atomic E-state index is 13.6. The minimum Gasteiger partial charge on any atom is -0.484 e. The molecule has 0 N–H and O–H groups in total. The minimum atomic E-state index is -0.626. The third-order valence-electron chi connectivity index (χ3n) is 3.81. The molecule has 0 radical (unpaired) electrons. The second kappa shape index (κ2) is 6.70. The summed E-state index contributed by atoms with van der Waals surface area (Å²) in [6.07, 6.45) is 3.16. The van der Waals surface area contributed by atoms with E-state index in [9.17, 15) is 14.0 Å². The molecule has 2 rings (SSSR count). The van der Waals surface area contributed by atoms with Gasteiger partial charge in [0, 0.05) is 18.7 Å². The zero-order valence-corrected chi connectivity index (χ0v) is 12.4. The van der Waals surface area contributed by atoms with E-state index < -0.39 is 5.82 Å². The Bertz CT molecular complexity index is 544. The van der Waals surface area contributed by atoms with E-state index in [1.807, 2.05) is 11.8 Å². The average molecular weight is 293 g/mol. The number of ketones is 1. The number of Topliss-reactive ketones (excluding diaryl/α,β-unsaturated/α-hetero) is 1. The summed E-state index contributed by atoms with van der Waals surface area (Å²) in [6, 6.07) is 4.25. The molecule has 4 nitrogen and oxygen atoms in total. The fourth-order valence-corrected chi connectivity index (χ4v) is 2.57. The minimum absolute atomic E-state index is 0.0262. The van der Waals surface area contributed by atoms with E-state index in [-0.39, 0.29) is 35.7 Å². The van der Waals surface area contributed by atoms with Crippen molar-refractivity contribution in [3.8, 4) is 5.75 Å². The van der Waals surface area contributed by atoms with E-state index in [0.717, 1.165) is 31.9 Å². The number of nitrogens with zero attached hydrogens (tertiary/aromatic N) is 1. The summed E-state index contributed by atoms with van der Waals surface area (Å²) in [5.41, 5.74) is 0.0262. The topological polar surface area (TPSA) is 46.6 Å². The van der Waals surface area contributed by atoms with Crippen LogP contribution in [0.15, 0.2) is 18.2 Å². The van der Waals surface area contributed by atoms with Crippen molar-refractivity contribution in [2.75, 3.05) is 13.2 Å². The maximum Gasteiger partial charge on any atom is 0.260 e. The van der Waals surface area contributed by atoms with E-state index in [2.05, 4.69) is 0 Å². The third kappa shape index (κ3) is 3.80. The van der Waals surface area contributed by atoms with Gasteiger partial charge < -0.3 is 9.64 Å². The molecule has 0 unspecified atom stereocenters. The molecule has 1 aliphatic heterocycles. The van der Waals surface area contributed by atoms with Crippen LogP contribution in [0, 0.1) is 5.82 Å². The van der Waals surface area contributed by atoms with Crippen LogP contribution >= 0.6 is 0 Å². The molecule has 1 saturated heterocycles. The largest absolute Gasteiger partial charge is 0.484 e. The highest BCUT2D eigenvalue weighted by Gasteiger charge is 2.23. The van der Waals surface area contributed by atoms with Gasteiger partial charge in [-0.1, -0.05) is 0 Å². The summed E-state index contributed by atoms with van der Waals surface area (Å²) in [7, 11) is 0. The molecule has 5 heteroatoms. The Labute approximate surface area is 123 Å². The maximum absolute atomic E-state index is 13.6. The molecule has 1 aliphatic rings. The average Bonchev–Trinajstić information content (AvgIpc) is 2.45. The lowest BCUT2D eigenvalue weighted by molar-refractivity contribution is -0.136. The molecule has 1 fully saturated rings. The van der Waals surface area contributed by atoms with Crippen LogP contribution in [0.4, 0.5) is 4.39 Å². The Hall–Kier alpha value is -1.91. The summed E-state index contributed by atoms with van der Waals surface area (Å²) in [4.78, 5) is 25.0. The van der Waals surface area contributed by atoms with Gasteiger partial charge in [-0.15, -0.1) is 0 Å². The lowest BCUT2D eigenvalue weighted by Gasteiger charge is -2.33. The van der Waals surface area contributed by atoms with Gasteiger partial charge in [0.25, 0.3) is 5.91 Å². The Morgan fingerprint density at radius 3 is 2.76 bits per heavy atom. The summed E-state index contributed by atoms with van der Waals surface area (Å²) in [5.74, 6) is -0.787. The van der Waals surface area contributed by atoms with Gasteiger partial charge in [0.2, 0.25) is 0 Å². The van der Waals surface area contributed by atoms with Crippen molar-refractivity contribution >= 4 is 11.7 Å². The summed E-state index contributed by atoms with van der Waals surface area (Å²) >= 11 is 0. The molecule has 0 aliphatic carbocycles. The summed E-state index contributed by atoms with van der Waals surface area (Å²) < 4.78 is 19.0. The van der Waals surface area contributed by atoms with Crippen LogP contribution < -0.4 is 4.74 Å². The number of hydrogen-bond acceptors (Lipinski definition) is 3. The van der Waals surface area contributed by atoms with Crippen molar-refractivity contribution in [1.82, 2.24) is 4.90 Å².